The number of fused-ring (bicyclic) bond motifs is 1. The third kappa shape index (κ3) is 3.60. The summed E-state index contributed by atoms with van der Waals surface area (Å²) in [6.45, 7) is 2.07. The van der Waals surface area contributed by atoms with E-state index in [9.17, 15) is 4.39 Å². The Labute approximate surface area is 156 Å². The summed E-state index contributed by atoms with van der Waals surface area (Å²) in [5.41, 5.74) is 4.16. The lowest BCUT2D eigenvalue weighted by Crippen LogP contribution is -1.95. The molecule has 4 aromatic rings. The Morgan fingerprint density at radius 3 is 2.42 bits per heavy atom. The summed E-state index contributed by atoms with van der Waals surface area (Å²) in [4.78, 5) is 9.35. The molecule has 2 nitrogen and oxygen atoms in total. The number of thioether (sulfide) groups is 1. The van der Waals surface area contributed by atoms with Crippen molar-refractivity contribution >= 4 is 22.7 Å². The molecule has 4 rings (SSSR count). The van der Waals surface area contributed by atoms with Gasteiger partial charge in [0.2, 0.25) is 0 Å². The lowest BCUT2D eigenvalue weighted by Gasteiger charge is -2.09. The minimum absolute atomic E-state index is 0.272. The van der Waals surface area contributed by atoms with Gasteiger partial charge in [0.05, 0.1) is 5.52 Å². The zero-order valence-electron chi connectivity index (χ0n) is 14.3. The van der Waals surface area contributed by atoms with Gasteiger partial charge < -0.3 is 0 Å². The zero-order chi connectivity index (χ0) is 17.9. The summed E-state index contributed by atoms with van der Waals surface area (Å²) in [6.07, 6.45) is 0. The van der Waals surface area contributed by atoms with Crippen LogP contribution < -0.4 is 0 Å². The van der Waals surface area contributed by atoms with Gasteiger partial charge in [-0.05, 0) is 30.7 Å². The zero-order valence-corrected chi connectivity index (χ0v) is 15.1. The Morgan fingerprint density at radius 2 is 1.65 bits per heavy atom. The van der Waals surface area contributed by atoms with Crippen LogP contribution in [-0.4, -0.2) is 9.97 Å². The maximum absolute atomic E-state index is 13.8. The van der Waals surface area contributed by atoms with Gasteiger partial charge in [-0.15, -0.1) is 11.8 Å². The molecule has 3 aromatic carbocycles. The van der Waals surface area contributed by atoms with E-state index in [2.05, 4.69) is 36.2 Å². The smallest absolute Gasteiger partial charge is 0.161 e. The van der Waals surface area contributed by atoms with Crippen LogP contribution in [0.1, 0.15) is 11.1 Å². The highest BCUT2D eigenvalue weighted by molar-refractivity contribution is 7.98. The molecule has 0 fully saturated rings. The van der Waals surface area contributed by atoms with Crippen LogP contribution in [0.4, 0.5) is 4.39 Å². The van der Waals surface area contributed by atoms with E-state index in [4.69, 9.17) is 4.98 Å². The highest BCUT2D eigenvalue weighted by Crippen LogP contribution is 2.31. The van der Waals surface area contributed by atoms with Crippen molar-refractivity contribution in [1.82, 2.24) is 9.97 Å². The SMILES string of the molecule is Cc1ccc(CSc2nc(-c3ccccc3)nc3ccc(F)cc23)cc1. The number of nitrogens with zero attached hydrogens (tertiary/aromatic N) is 2. The normalized spacial score (nSPS) is 11.0. The van der Waals surface area contributed by atoms with Crippen LogP contribution in [0.5, 0.6) is 0 Å². The van der Waals surface area contributed by atoms with Gasteiger partial charge in [-0.2, -0.15) is 0 Å². The molecule has 0 saturated carbocycles. The fraction of sp³-hybridized carbons (Fsp3) is 0.0909. The molecule has 1 heterocycles. The Hall–Kier alpha value is -2.72. The summed E-state index contributed by atoms with van der Waals surface area (Å²) in [5.74, 6) is 1.17. The molecule has 1 aromatic heterocycles. The number of aryl methyl sites for hydroxylation is 1. The van der Waals surface area contributed by atoms with Gasteiger partial charge in [-0.1, -0.05) is 60.2 Å². The number of hydrogen-bond donors (Lipinski definition) is 0. The number of hydrogen-bond acceptors (Lipinski definition) is 3. The van der Waals surface area contributed by atoms with Gasteiger partial charge in [0.25, 0.3) is 0 Å². The van der Waals surface area contributed by atoms with E-state index in [-0.39, 0.29) is 5.82 Å². The molecule has 0 N–H and O–H groups in total. The second-order valence-corrected chi connectivity index (χ2v) is 7.12. The van der Waals surface area contributed by atoms with Crippen LogP contribution in [0.25, 0.3) is 22.3 Å². The fourth-order valence-corrected chi connectivity index (χ4v) is 3.70. The molecule has 128 valence electrons. The van der Waals surface area contributed by atoms with Crippen molar-refractivity contribution in [3.8, 4) is 11.4 Å². The van der Waals surface area contributed by atoms with Gasteiger partial charge in [-0.3, -0.25) is 0 Å². The summed E-state index contributed by atoms with van der Waals surface area (Å²) >= 11 is 1.61. The third-order valence-electron chi connectivity index (χ3n) is 4.15. The van der Waals surface area contributed by atoms with Crippen molar-refractivity contribution in [2.45, 2.75) is 17.7 Å². The van der Waals surface area contributed by atoms with Crippen molar-refractivity contribution in [2.24, 2.45) is 0 Å². The van der Waals surface area contributed by atoms with E-state index in [1.807, 2.05) is 30.3 Å². The molecular formula is C22H17FN2S. The summed E-state index contributed by atoms with van der Waals surface area (Å²) < 4.78 is 13.8. The Morgan fingerprint density at radius 1 is 0.885 bits per heavy atom. The van der Waals surface area contributed by atoms with E-state index in [0.29, 0.717) is 5.82 Å². The predicted molar refractivity (Wildman–Crippen MR) is 106 cm³/mol. The van der Waals surface area contributed by atoms with Crippen LogP contribution in [0.15, 0.2) is 77.8 Å². The Bertz CT molecular complexity index is 1050. The standard InChI is InChI=1S/C22H17FN2S/c1-15-7-9-16(10-8-15)14-26-22-19-13-18(23)11-12-20(19)24-21(25-22)17-5-3-2-4-6-17/h2-13H,14H2,1H3. The molecule has 0 atom stereocenters. The first-order valence-corrected chi connectivity index (χ1v) is 9.39. The second kappa shape index (κ2) is 7.26. The Balaban J connectivity index is 1.75. The maximum Gasteiger partial charge on any atom is 0.161 e. The molecule has 0 aliphatic heterocycles. The molecule has 26 heavy (non-hydrogen) atoms. The maximum atomic E-state index is 13.8. The molecule has 0 radical (unpaired) electrons. The average molecular weight is 360 g/mol. The number of aromatic nitrogens is 2. The average Bonchev–Trinajstić information content (AvgIpc) is 2.68. The topological polar surface area (TPSA) is 25.8 Å². The molecule has 0 spiro atoms. The summed E-state index contributed by atoms with van der Waals surface area (Å²) in [7, 11) is 0. The fourth-order valence-electron chi connectivity index (χ4n) is 2.73. The lowest BCUT2D eigenvalue weighted by molar-refractivity contribution is 0.629. The van der Waals surface area contributed by atoms with Gasteiger partial charge >= 0.3 is 0 Å². The van der Waals surface area contributed by atoms with Crippen molar-refractivity contribution in [1.29, 1.82) is 0 Å². The number of halogens is 1. The number of benzene rings is 3. The Kier molecular flexibility index (Phi) is 4.67. The molecule has 0 aliphatic carbocycles. The monoisotopic (exact) mass is 360 g/mol. The first-order valence-electron chi connectivity index (χ1n) is 8.40. The summed E-state index contributed by atoms with van der Waals surface area (Å²) in [6, 6.07) is 23.0. The number of rotatable bonds is 4. The van der Waals surface area contributed by atoms with Gasteiger partial charge in [0.1, 0.15) is 10.8 Å². The first kappa shape index (κ1) is 16.7. The van der Waals surface area contributed by atoms with Gasteiger partial charge in [0.15, 0.2) is 5.82 Å². The molecule has 0 saturated heterocycles. The molecule has 4 heteroatoms. The summed E-state index contributed by atoms with van der Waals surface area (Å²) in [5, 5.41) is 1.55. The van der Waals surface area contributed by atoms with Crippen molar-refractivity contribution < 1.29 is 4.39 Å². The predicted octanol–water partition coefficient (Wildman–Crippen LogP) is 6.04. The largest absolute Gasteiger partial charge is 0.228 e. The molecule has 0 aliphatic rings. The van der Waals surface area contributed by atoms with E-state index < -0.39 is 0 Å². The van der Waals surface area contributed by atoms with E-state index in [1.54, 1.807) is 17.8 Å². The van der Waals surface area contributed by atoms with Crippen molar-refractivity contribution in [2.75, 3.05) is 0 Å². The third-order valence-corrected chi connectivity index (χ3v) is 5.21. The highest BCUT2D eigenvalue weighted by atomic mass is 32.2. The van der Waals surface area contributed by atoms with E-state index >= 15 is 0 Å². The quantitative estimate of drug-likeness (QED) is 0.328. The van der Waals surface area contributed by atoms with Gasteiger partial charge in [0, 0.05) is 16.7 Å². The van der Waals surface area contributed by atoms with Crippen LogP contribution in [0.2, 0.25) is 0 Å². The molecule has 0 amide bonds. The van der Waals surface area contributed by atoms with Crippen LogP contribution in [0, 0.1) is 12.7 Å². The highest BCUT2D eigenvalue weighted by Gasteiger charge is 2.11. The molecule has 0 bridgehead atoms. The lowest BCUT2D eigenvalue weighted by atomic mass is 10.2. The van der Waals surface area contributed by atoms with Crippen LogP contribution >= 0.6 is 11.8 Å². The van der Waals surface area contributed by atoms with E-state index in [0.717, 1.165) is 27.2 Å². The molecule has 0 unspecified atom stereocenters. The second-order valence-electron chi connectivity index (χ2n) is 6.15. The minimum Gasteiger partial charge on any atom is -0.228 e. The first-order chi connectivity index (χ1) is 12.7. The van der Waals surface area contributed by atoms with Crippen LogP contribution in [-0.2, 0) is 5.75 Å². The van der Waals surface area contributed by atoms with Gasteiger partial charge in [-0.25, -0.2) is 14.4 Å². The van der Waals surface area contributed by atoms with Crippen LogP contribution in [0.3, 0.4) is 0 Å². The van der Waals surface area contributed by atoms with Crippen molar-refractivity contribution in [3.05, 3.63) is 89.7 Å². The molecular weight excluding hydrogens is 343 g/mol. The van der Waals surface area contributed by atoms with Crippen molar-refractivity contribution in [3.63, 3.8) is 0 Å². The minimum atomic E-state index is -0.272. The van der Waals surface area contributed by atoms with E-state index in [1.165, 1.54) is 23.3 Å².